The number of carbonyl (C=O) groups excluding carboxylic acids is 2. The summed E-state index contributed by atoms with van der Waals surface area (Å²) in [5.74, 6) is 0.103. The third-order valence-electron chi connectivity index (χ3n) is 4.98. The Kier molecular flexibility index (Phi) is 6.04. The molecule has 1 aliphatic rings. The van der Waals surface area contributed by atoms with Crippen LogP contribution in [0.15, 0.2) is 42.7 Å². The fourth-order valence-corrected chi connectivity index (χ4v) is 3.73. The molecule has 1 fully saturated rings. The van der Waals surface area contributed by atoms with Gasteiger partial charge in [-0.25, -0.2) is 0 Å². The molecule has 1 aliphatic heterocycles. The summed E-state index contributed by atoms with van der Waals surface area (Å²) in [6.07, 6.45) is 6.34. The van der Waals surface area contributed by atoms with Crippen molar-refractivity contribution in [3.05, 3.63) is 64.4 Å². The number of rotatable bonds is 5. The normalized spacial score (nSPS) is 17.2. The van der Waals surface area contributed by atoms with Crippen molar-refractivity contribution in [1.82, 2.24) is 9.88 Å². The number of pyridine rings is 1. The molecule has 136 valence electrons. The second-order valence-electron chi connectivity index (χ2n) is 6.86. The van der Waals surface area contributed by atoms with Gasteiger partial charge in [0, 0.05) is 48.4 Å². The van der Waals surface area contributed by atoms with Gasteiger partial charge in [0.05, 0.1) is 0 Å². The highest BCUT2D eigenvalue weighted by molar-refractivity contribution is 6.30. The maximum atomic E-state index is 12.9. The number of ketones is 1. The Labute approximate surface area is 159 Å². The van der Waals surface area contributed by atoms with Gasteiger partial charge in [0.25, 0.3) is 0 Å². The van der Waals surface area contributed by atoms with Crippen molar-refractivity contribution in [2.45, 2.75) is 32.6 Å². The van der Waals surface area contributed by atoms with Crippen LogP contribution in [-0.2, 0) is 11.2 Å². The Hall–Kier alpha value is -2.20. The summed E-state index contributed by atoms with van der Waals surface area (Å²) in [7, 11) is 0. The van der Waals surface area contributed by atoms with Gasteiger partial charge < -0.3 is 4.90 Å². The molecule has 1 aromatic heterocycles. The first-order chi connectivity index (χ1) is 12.5. The van der Waals surface area contributed by atoms with Gasteiger partial charge in [-0.2, -0.15) is 0 Å². The maximum Gasteiger partial charge on any atom is 0.222 e. The highest BCUT2D eigenvalue weighted by Crippen LogP contribution is 2.24. The Bertz CT molecular complexity index is 792. The molecule has 0 N–H and O–H groups in total. The van der Waals surface area contributed by atoms with Crippen LogP contribution in [0.4, 0.5) is 0 Å². The van der Waals surface area contributed by atoms with Gasteiger partial charge in [-0.05, 0) is 67.6 Å². The molecule has 1 unspecified atom stereocenters. The van der Waals surface area contributed by atoms with Crippen molar-refractivity contribution >= 4 is 23.3 Å². The van der Waals surface area contributed by atoms with Crippen LogP contribution >= 0.6 is 11.6 Å². The smallest absolute Gasteiger partial charge is 0.222 e. The zero-order valence-corrected chi connectivity index (χ0v) is 15.7. The lowest BCUT2D eigenvalue weighted by atomic mass is 9.88. The first-order valence-corrected chi connectivity index (χ1v) is 9.39. The Morgan fingerprint density at radius 1 is 1.23 bits per heavy atom. The lowest BCUT2D eigenvalue weighted by Crippen LogP contribution is -2.42. The van der Waals surface area contributed by atoms with Gasteiger partial charge in [0.2, 0.25) is 5.91 Å². The number of halogens is 1. The number of hydrogen-bond donors (Lipinski definition) is 0. The van der Waals surface area contributed by atoms with Gasteiger partial charge in [-0.15, -0.1) is 0 Å². The summed E-state index contributed by atoms with van der Waals surface area (Å²) in [4.78, 5) is 31.3. The molecule has 3 rings (SSSR count). The van der Waals surface area contributed by atoms with Gasteiger partial charge in [0.1, 0.15) is 0 Å². The Morgan fingerprint density at radius 3 is 2.73 bits per heavy atom. The molecule has 1 saturated heterocycles. The number of aromatic nitrogens is 1. The average molecular weight is 371 g/mol. The summed E-state index contributed by atoms with van der Waals surface area (Å²) < 4.78 is 0. The number of piperidine rings is 1. The molecule has 1 aromatic carbocycles. The van der Waals surface area contributed by atoms with Crippen LogP contribution in [0.25, 0.3) is 0 Å². The Balaban J connectivity index is 1.61. The first kappa shape index (κ1) is 18.6. The highest BCUT2D eigenvalue weighted by Gasteiger charge is 2.29. The molecular formula is C21H23ClN2O2. The molecule has 1 amide bonds. The molecule has 2 aromatic rings. The van der Waals surface area contributed by atoms with E-state index in [4.69, 9.17) is 11.6 Å². The number of amides is 1. The minimum Gasteiger partial charge on any atom is -0.342 e. The quantitative estimate of drug-likeness (QED) is 0.744. The van der Waals surface area contributed by atoms with Crippen molar-refractivity contribution in [3.63, 3.8) is 0 Å². The zero-order valence-electron chi connectivity index (χ0n) is 15.0. The van der Waals surface area contributed by atoms with Gasteiger partial charge in [-0.3, -0.25) is 14.6 Å². The van der Waals surface area contributed by atoms with Crippen molar-refractivity contribution in [1.29, 1.82) is 0 Å². The van der Waals surface area contributed by atoms with E-state index in [0.717, 1.165) is 30.5 Å². The number of Topliss-reactive ketones (excluding diaryl/α,β-unsaturated/α-hetero) is 1. The van der Waals surface area contributed by atoms with E-state index < -0.39 is 0 Å². The molecular weight excluding hydrogens is 348 g/mol. The van der Waals surface area contributed by atoms with E-state index in [1.165, 1.54) is 0 Å². The second-order valence-corrected chi connectivity index (χ2v) is 7.29. The molecule has 26 heavy (non-hydrogen) atoms. The molecule has 0 bridgehead atoms. The lowest BCUT2D eigenvalue weighted by molar-refractivity contribution is -0.132. The molecule has 5 heteroatoms. The minimum absolute atomic E-state index is 0.116. The Morgan fingerprint density at radius 2 is 2.00 bits per heavy atom. The van der Waals surface area contributed by atoms with Crippen molar-refractivity contribution in [3.8, 4) is 0 Å². The monoisotopic (exact) mass is 370 g/mol. The molecule has 0 aliphatic carbocycles. The molecule has 0 spiro atoms. The number of hydrogen-bond acceptors (Lipinski definition) is 3. The van der Waals surface area contributed by atoms with Crippen LogP contribution < -0.4 is 0 Å². The van der Waals surface area contributed by atoms with Crippen LogP contribution in [0.1, 0.15) is 40.7 Å². The van der Waals surface area contributed by atoms with Crippen molar-refractivity contribution in [2.75, 3.05) is 13.1 Å². The number of benzene rings is 1. The molecule has 0 saturated carbocycles. The van der Waals surface area contributed by atoms with E-state index in [2.05, 4.69) is 4.98 Å². The fourth-order valence-electron chi connectivity index (χ4n) is 3.50. The SMILES string of the molecule is Cc1cc(Cl)ccc1C(=O)C1CCCN(C(=O)CCc2ccncc2)C1. The van der Waals surface area contributed by atoms with E-state index in [-0.39, 0.29) is 17.6 Å². The van der Waals surface area contributed by atoms with Crippen molar-refractivity contribution < 1.29 is 9.59 Å². The number of likely N-dealkylation sites (tertiary alicyclic amines) is 1. The number of nitrogens with zero attached hydrogens (tertiary/aromatic N) is 2. The zero-order chi connectivity index (χ0) is 18.5. The first-order valence-electron chi connectivity index (χ1n) is 9.01. The van der Waals surface area contributed by atoms with Crippen molar-refractivity contribution in [2.24, 2.45) is 5.92 Å². The predicted octanol–water partition coefficient (Wildman–Crippen LogP) is 4.10. The van der Waals surface area contributed by atoms with Gasteiger partial charge in [0.15, 0.2) is 5.78 Å². The summed E-state index contributed by atoms with van der Waals surface area (Å²) >= 11 is 5.99. The molecule has 4 nitrogen and oxygen atoms in total. The summed E-state index contributed by atoms with van der Waals surface area (Å²) in [6, 6.07) is 9.22. The van der Waals surface area contributed by atoms with Gasteiger partial charge in [-0.1, -0.05) is 11.6 Å². The lowest BCUT2D eigenvalue weighted by Gasteiger charge is -2.32. The van der Waals surface area contributed by atoms with Gasteiger partial charge >= 0.3 is 0 Å². The van der Waals surface area contributed by atoms with Crippen LogP contribution in [-0.4, -0.2) is 34.7 Å². The maximum absolute atomic E-state index is 12.9. The third-order valence-corrected chi connectivity index (χ3v) is 5.21. The largest absolute Gasteiger partial charge is 0.342 e. The fraction of sp³-hybridized carbons (Fsp3) is 0.381. The molecule has 1 atom stereocenters. The second kappa shape index (κ2) is 8.45. The summed E-state index contributed by atoms with van der Waals surface area (Å²) in [5, 5.41) is 0.635. The van der Waals surface area contributed by atoms with Crippen LogP contribution in [0.3, 0.4) is 0 Å². The van der Waals surface area contributed by atoms with Crippen LogP contribution in [0.5, 0.6) is 0 Å². The summed E-state index contributed by atoms with van der Waals surface area (Å²) in [5.41, 5.74) is 2.71. The highest BCUT2D eigenvalue weighted by atomic mass is 35.5. The van der Waals surface area contributed by atoms with E-state index in [1.54, 1.807) is 24.5 Å². The molecule has 0 radical (unpaired) electrons. The predicted molar refractivity (Wildman–Crippen MR) is 102 cm³/mol. The van der Waals surface area contributed by atoms with E-state index >= 15 is 0 Å². The van der Waals surface area contributed by atoms with E-state index in [0.29, 0.717) is 30.0 Å². The van der Waals surface area contributed by atoms with E-state index in [1.807, 2.05) is 30.0 Å². The number of carbonyl (C=O) groups is 2. The van der Waals surface area contributed by atoms with Crippen LogP contribution in [0, 0.1) is 12.8 Å². The van der Waals surface area contributed by atoms with E-state index in [9.17, 15) is 9.59 Å². The average Bonchev–Trinajstić information content (AvgIpc) is 2.66. The van der Waals surface area contributed by atoms with Crippen LogP contribution in [0.2, 0.25) is 5.02 Å². The number of aryl methyl sites for hydroxylation is 2. The topological polar surface area (TPSA) is 50.3 Å². The third kappa shape index (κ3) is 4.50. The molecule has 2 heterocycles. The standard InChI is InChI=1S/C21H23ClN2O2/c1-15-13-18(22)5-6-19(15)21(26)17-3-2-12-24(14-17)20(25)7-4-16-8-10-23-11-9-16/h5-6,8-11,13,17H,2-4,7,12,14H2,1H3. The summed E-state index contributed by atoms with van der Waals surface area (Å²) in [6.45, 7) is 3.15. The minimum atomic E-state index is -0.131.